The number of likely N-dealkylation sites (tertiary alicyclic amines) is 1. The number of anilines is 1. The Morgan fingerprint density at radius 3 is 2.78 bits per heavy atom. The van der Waals surface area contributed by atoms with Crippen molar-refractivity contribution in [3.8, 4) is 0 Å². The van der Waals surface area contributed by atoms with E-state index in [0.717, 1.165) is 25.0 Å². The molecule has 3 rings (SSSR count). The number of nitrogens with zero attached hydrogens (tertiary/aromatic N) is 1. The fourth-order valence-electron chi connectivity index (χ4n) is 3.24. The van der Waals surface area contributed by atoms with Crippen molar-refractivity contribution in [2.45, 2.75) is 32.2 Å². The van der Waals surface area contributed by atoms with E-state index in [9.17, 15) is 14.0 Å². The highest BCUT2D eigenvalue weighted by Crippen LogP contribution is 2.22. The van der Waals surface area contributed by atoms with Crippen LogP contribution >= 0.6 is 0 Å². The number of hydrogen-bond donors (Lipinski definition) is 2. The molecule has 3 amide bonds. The highest BCUT2D eigenvalue weighted by molar-refractivity contribution is 5.89. The lowest BCUT2D eigenvalue weighted by Gasteiger charge is -2.32. The Hall–Kier alpha value is -2.83. The molecule has 7 heteroatoms. The first kappa shape index (κ1) is 18.9. The molecule has 2 N–H and O–H groups in total. The molecule has 0 unspecified atom stereocenters. The van der Waals surface area contributed by atoms with Crippen LogP contribution in [-0.2, 0) is 11.3 Å². The van der Waals surface area contributed by atoms with E-state index in [2.05, 4.69) is 10.6 Å². The quantitative estimate of drug-likeness (QED) is 0.810. The Labute approximate surface area is 157 Å². The average molecular weight is 373 g/mol. The average Bonchev–Trinajstić information content (AvgIpc) is 3.20. The maximum absolute atomic E-state index is 13.0. The van der Waals surface area contributed by atoms with Gasteiger partial charge in [-0.1, -0.05) is 0 Å². The third-order valence-corrected chi connectivity index (χ3v) is 4.72. The van der Waals surface area contributed by atoms with E-state index in [-0.39, 0.29) is 17.8 Å². The number of carbonyl (C=O) groups is 2. The van der Waals surface area contributed by atoms with Gasteiger partial charge in [0.25, 0.3) is 0 Å². The molecular weight excluding hydrogens is 349 g/mol. The second-order valence-electron chi connectivity index (χ2n) is 6.79. The topological polar surface area (TPSA) is 74.6 Å². The second-order valence-corrected chi connectivity index (χ2v) is 6.79. The second kappa shape index (κ2) is 9.21. The van der Waals surface area contributed by atoms with Crippen LogP contribution in [0.15, 0.2) is 47.1 Å². The monoisotopic (exact) mass is 373 g/mol. The summed E-state index contributed by atoms with van der Waals surface area (Å²) in [5, 5.41) is 5.63. The van der Waals surface area contributed by atoms with Gasteiger partial charge in [-0.05, 0) is 61.6 Å². The van der Waals surface area contributed by atoms with Crippen LogP contribution in [0.5, 0.6) is 0 Å². The fourth-order valence-corrected chi connectivity index (χ4v) is 3.24. The fraction of sp³-hybridized carbons (Fsp3) is 0.400. The Bertz CT molecular complexity index is 746. The van der Waals surface area contributed by atoms with Crippen molar-refractivity contribution in [3.63, 3.8) is 0 Å². The third kappa shape index (κ3) is 5.84. The van der Waals surface area contributed by atoms with Gasteiger partial charge in [0.05, 0.1) is 12.8 Å². The summed E-state index contributed by atoms with van der Waals surface area (Å²) in [5.41, 5.74) is 0.570. The maximum atomic E-state index is 13.0. The van der Waals surface area contributed by atoms with Crippen molar-refractivity contribution in [1.29, 1.82) is 0 Å². The van der Waals surface area contributed by atoms with Crippen LogP contribution in [0.25, 0.3) is 0 Å². The molecular formula is C20H24FN3O3. The zero-order valence-corrected chi connectivity index (χ0v) is 15.1. The number of nitrogens with one attached hydrogen (secondary N) is 2. The molecule has 1 saturated heterocycles. The Kier molecular flexibility index (Phi) is 6.46. The molecule has 0 saturated carbocycles. The van der Waals surface area contributed by atoms with Crippen molar-refractivity contribution in [2.24, 2.45) is 5.92 Å². The van der Waals surface area contributed by atoms with Crippen LogP contribution in [0.2, 0.25) is 0 Å². The minimum atomic E-state index is -0.337. The molecule has 1 atom stereocenters. The maximum Gasteiger partial charge on any atom is 0.321 e. The van der Waals surface area contributed by atoms with Crippen LogP contribution in [0.4, 0.5) is 14.9 Å². The number of hydrogen-bond acceptors (Lipinski definition) is 3. The summed E-state index contributed by atoms with van der Waals surface area (Å²) in [4.78, 5) is 26.2. The lowest BCUT2D eigenvalue weighted by atomic mass is 9.93. The molecule has 1 aliphatic heterocycles. The zero-order valence-electron chi connectivity index (χ0n) is 15.1. The summed E-state index contributed by atoms with van der Waals surface area (Å²) < 4.78 is 18.1. The first-order valence-electron chi connectivity index (χ1n) is 9.21. The summed E-state index contributed by atoms with van der Waals surface area (Å²) in [6.07, 6.45) is 4.67. The summed E-state index contributed by atoms with van der Waals surface area (Å²) in [7, 11) is 0. The highest BCUT2D eigenvalue weighted by atomic mass is 19.1. The van der Waals surface area contributed by atoms with Crippen LogP contribution in [-0.4, -0.2) is 29.9 Å². The van der Waals surface area contributed by atoms with E-state index in [1.807, 2.05) is 6.07 Å². The molecule has 27 heavy (non-hydrogen) atoms. The van der Waals surface area contributed by atoms with E-state index in [4.69, 9.17) is 4.42 Å². The van der Waals surface area contributed by atoms with Crippen molar-refractivity contribution in [2.75, 3.05) is 18.4 Å². The van der Waals surface area contributed by atoms with Gasteiger partial charge in [0.1, 0.15) is 11.6 Å². The van der Waals surface area contributed by atoms with Gasteiger partial charge < -0.3 is 20.0 Å². The molecule has 0 bridgehead atoms. The standard InChI is InChI=1S/C20H24FN3O3/c21-16-6-8-17(9-7-16)23-20(26)24-11-1-3-15(14-24)5-10-19(25)22-13-18-4-2-12-27-18/h2,4,6-9,12,15H,1,3,5,10-11,13-14H2,(H,22,25)(H,23,26)/t15-/m1/s1. The van der Waals surface area contributed by atoms with Crippen molar-refractivity contribution < 1.29 is 18.4 Å². The Morgan fingerprint density at radius 1 is 1.22 bits per heavy atom. The number of benzene rings is 1. The summed E-state index contributed by atoms with van der Waals surface area (Å²) in [5.74, 6) is 0.674. The van der Waals surface area contributed by atoms with Gasteiger partial charge >= 0.3 is 6.03 Å². The molecule has 0 radical (unpaired) electrons. The van der Waals surface area contributed by atoms with Crippen LogP contribution in [0.1, 0.15) is 31.4 Å². The highest BCUT2D eigenvalue weighted by Gasteiger charge is 2.24. The molecule has 2 heterocycles. The molecule has 6 nitrogen and oxygen atoms in total. The van der Waals surface area contributed by atoms with Gasteiger partial charge in [0.15, 0.2) is 0 Å². The van der Waals surface area contributed by atoms with E-state index < -0.39 is 0 Å². The van der Waals surface area contributed by atoms with E-state index in [1.165, 1.54) is 24.3 Å². The Morgan fingerprint density at radius 2 is 2.04 bits per heavy atom. The predicted molar refractivity (Wildman–Crippen MR) is 99.5 cm³/mol. The van der Waals surface area contributed by atoms with E-state index in [1.54, 1.807) is 17.2 Å². The minimum absolute atomic E-state index is 0.0145. The number of carbonyl (C=O) groups excluding carboxylic acids is 2. The molecule has 1 aromatic heterocycles. The number of piperidine rings is 1. The van der Waals surface area contributed by atoms with Gasteiger partial charge in [0.2, 0.25) is 5.91 Å². The van der Waals surface area contributed by atoms with Crippen LogP contribution < -0.4 is 10.6 Å². The van der Waals surface area contributed by atoms with E-state index in [0.29, 0.717) is 37.7 Å². The summed E-state index contributed by atoms with van der Waals surface area (Å²) in [6.45, 7) is 1.70. The van der Waals surface area contributed by atoms with Crippen LogP contribution in [0, 0.1) is 11.7 Å². The predicted octanol–water partition coefficient (Wildman–Crippen LogP) is 3.76. The number of halogens is 1. The van der Waals surface area contributed by atoms with Crippen molar-refractivity contribution >= 4 is 17.6 Å². The lowest BCUT2D eigenvalue weighted by Crippen LogP contribution is -2.42. The summed E-state index contributed by atoms with van der Waals surface area (Å²) >= 11 is 0. The first-order valence-corrected chi connectivity index (χ1v) is 9.21. The lowest BCUT2D eigenvalue weighted by molar-refractivity contribution is -0.121. The van der Waals surface area contributed by atoms with Crippen molar-refractivity contribution in [1.82, 2.24) is 10.2 Å². The van der Waals surface area contributed by atoms with Crippen molar-refractivity contribution in [3.05, 3.63) is 54.2 Å². The molecule has 1 fully saturated rings. The molecule has 0 spiro atoms. The third-order valence-electron chi connectivity index (χ3n) is 4.72. The van der Waals surface area contributed by atoms with Gasteiger partial charge in [-0.15, -0.1) is 0 Å². The SMILES string of the molecule is O=C(CC[C@H]1CCCN(C(=O)Nc2ccc(F)cc2)C1)NCc1ccco1. The van der Waals surface area contributed by atoms with E-state index >= 15 is 0 Å². The number of furan rings is 1. The molecule has 1 aliphatic rings. The van der Waals surface area contributed by atoms with Crippen LogP contribution in [0.3, 0.4) is 0 Å². The number of urea groups is 1. The zero-order chi connectivity index (χ0) is 19.1. The Balaban J connectivity index is 1.41. The van der Waals surface area contributed by atoms with Gasteiger partial charge in [-0.3, -0.25) is 4.79 Å². The summed E-state index contributed by atoms with van der Waals surface area (Å²) in [6, 6.07) is 9.13. The first-order chi connectivity index (χ1) is 13.1. The largest absolute Gasteiger partial charge is 0.467 e. The number of rotatable bonds is 6. The van der Waals surface area contributed by atoms with Gasteiger partial charge in [0, 0.05) is 25.2 Å². The van der Waals surface area contributed by atoms with Gasteiger partial charge in [-0.25, -0.2) is 9.18 Å². The normalized spacial score (nSPS) is 16.8. The molecule has 144 valence electrons. The molecule has 0 aliphatic carbocycles. The molecule has 1 aromatic carbocycles. The van der Waals surface area contributed by atoms with Gasteiger partial charge in [-0.2, -0.15) is 0 Å². The minimum Gasteiger partial charge on any atom is -0.467 e. The molecule has 2 aromatic rings. The number of amides is 3. The smallest absolute Gasteiger partial charge is 0.321 e.